The summed E-state index contributed by atoms with van der Waals surface area (Å²) in [4.78, 5) is 24.7. The number of benzene rings is 2. The highest BCUT2D eigenvalue weighted by Crippen LogP contribution is 2.39. The first-order valence-electron chi connectivity index (χ1n) is 8.64. The average molecular weight is 378 g/mol. The Bertz CT molecular complexity index is 931. The van der Waals surface area contributed by atoms with Crippen LogP contribution in [-0.4, -0.2) is 41.3 Å². The highest BCUT2D eigenvalue weighted by molar-refractivity contribution is 6.04. The van der Waals surface area contributed by atoms with Crippen LogP contribution in [0.15, 0.2) is 30.3 Å². The Labute approximate surface area is 152 Å². The summed E-state index contributed by atoms with van der Waals surface area (Å²) in [5.41, 5.74) is 2.88. The van der Waals surface area contributed by atoms with E-state index >= 15 is 0 Å². The number of alkyl halides is 3. The van der Waals surface area contributed by atoms with Gasteiger partial charge in [-0.2, -0.15) is 13.2 Å². The second-order valence-electron chi connectivity index (χ2n) is 7.04. The number of nitrogens with zero attached hydrogens (tertiary/aromatic N) is 1. The lowest BCUT2D eigenvalue weighted by atomic mass is 9.96. The molecule has 27 heavy (non-hydrogen) atoms. The third kappa shape index (κ3) is 2.98. The van der Waals surface area contributed by atoms with Gasteiger partial charge in [0.1, 0.15) is 0 Å². The van der Waals surface area contributed by atoms with Crippen LogP contribution in [0, 0.1) is 11.8 Å². The smallest absolute Gasteiger partial charge is 0.394 e. The molecule has 2 aromatic rings. The molecule has 0 radical (unpaired) electrons. The van der Waals surface area contributed by atoms with Crippen LogP contribution in [0.25, 0.3) is 10.8 Å². The van der Waals surface area contributed by atoms with E-state index in [1.807, 2.05) is 24.3 Å². The molecule has 8 heteroatoms. The van der Waals surface area contributed by atoms with Crippen LogP contribution in [0.4, 0.5) is 23.7 Å². The summed E-state index contributed by atoms with van der Waals surface area (Å²) in [5.74, 6) is -5.25. The number of rotatable bonds is 2. The number of aliphatic carboxylic acids is 1. The lowest BCUT2D eigenvalue weighted by Gasteiger charge is -2.19. The fraction of sp³-hybridized carbons (Fsp3) is 0.368. The number of urea groups is 1. The van der Waals surface area contributed by atoms with Crippen LogP contribution in [0.1, 0.15) is 11.1 Å². The zero-order valence-corrected chi connectivity index (χ0v) is 14.2. The Balaban J connectivity index is 1.59. The number of hydrogen-bond donors (Lipinski definition) is 2. The second kappa shape index (κ2) is 6.14. The lowest BCUT2D eigenvalue weighted by Crippen LogP contribution is -2.35. The third-order valence-corrected chi connectivity index (χ3v) is 5.46. The summed E-state index contributed by atoms with van der Waals surface area (Å²) in [6, 6.07) is 8.72. The molecular weight excluding hydrogens is 361 g/mol. The summed E-state index contributed by atoms with van der Waals surface area (Å²) in [7, 11) is 0. The summed E-state index contributed by atoms with van der Waals surface area (Å²) < 4.78 is 39.4. The molecule has 1 fully saturated rings. The van der Waals surface area contributed by atoms with Crippen molar-refractivity contribution in [1.29, 1.82) is 0 Å². The van der Waals surface area contributed by atoms with E-state index in [9.17, 15) is 22.8 Å². The molecule has 0 saturated carbocycles. The van der Waals surface area contributed by atoms with E-state index < -0.39 is 43.1 Å². The maximum absolute atomic E-state index is 13.1. The van der Waals surface area contributed by atoms with E-state index in [4.69, 9.17) is 5.11 Å². The van der Waals surface area contributed by atoms with Crippen molar-refractivity contribution in [2.45, 2.75) is 19.0 Å². The minimum absolute atomic E-state index is 0.466. The van der Waals surface area contributed by atoms with E-state index in [-0.39, 0.29) is 0 Å². The first-order valence-corrected chi connectivity index (χ1v) is 8.64. The number of carboxylic acid groups (broad SMARTS) is 1. The van der Waals surface area contributed by atoms with Gasteiger partial charge in [0, 0.05) is 18.5 Å². The van der Waals surface area contributed by atoms with Gasteiger partial charge in [-0.1, -0.05) is 24.3 Å². The number of likely N-dealkylation sites (tertiary alicyclic amines) is 1. The van der Waals surface area contributed by atoms with Crippen molar-refractivity contribution in [3.8, 4) is 0 Å². The van der Waals surface area contributed by atoms with Crippen molar-refractivity contribution in [3.05, 3.63) is 41.5 Å². The van der Waals surface area contributed by atoms with Gasteiger partial charge in [-0.05, 0) is 35.4 Å². The molecule has 1 saturated heterocycles. The standard InChI is InChI=1S/C19H17F3N2O3/c20-19(21,22)14-9-24(8-13(14)17(25)26)18(27)23-15-7-6-11-5-4-10-2-1-3-12(15)16(10)11/h1-3,6-7,13-14H,4-5,8-9H2,(H,23,27)(H,25,26)/t13-,14-/m1/s1. The van der Waals surface area contributed by atoms with Crippen molar-refractivity contribution in [1.82, 2.24) is 4.90 Å². The Morgan fingerprint density at radius 2 is 1.78 bits per heavy atom. The first kappa shape index (κ1) is 17.6. The van der Waals surface area contributed by atoms with E-state index in [1.165, 1.54) is 11.1 Å². The van der Waals surface area contributed by atoms with Crippen molar-refractivity contribution in [2.75, 3.05) is 18.4 Å². The fourth-order valence-corrected chi connectivity index (χ4v) is 4.10. The normalized spacial score (nSPS) is 21.7. The average Bonchev–Trinajstić information content (AvgIpc) is 3.23. The van der Waals surface area contributed by atoms with Crippen molar-refractivity contribution >= 4 is 28.5 Å². The molecule has 1 heterocycles. The Morgan fingerprint density at radius 1 is 1.07 bits per heavy atom. The summed E-state index contributed by atoms with van der Waals surface area (Å²) in [6.07, 6.45) is -2.83. The molecule has 2 atom stereocenters. The summed E-state index contributed by atoms with van der Waals surface area (Å²) in [6.45, 7) is -1.12. The molecule has 0 bridgehead atoms. The monoisotopic (exact) mass is 378 g/mol. The van der Waals surface area contributed by atoms with Crippen molar-refractivity contribution in [3.63, 3.8) is 0 Å². The van der Waals surface area contributed by atoms with Gasteiger partial charge in [0.25, 0.3) is 0 Å². The number of carbonyl (C=O) groups is 2. The number of aryl methyl sites for hydroxylation is 2. The second-order valence-corrected chi connectivity index (χ2v) is 7.04. The molecule has 0 aromatic heterocycles. The topological polar surface area (TPSA) is 69.6 Å². The maximum Gasteiger partial charge on any atom is 0.394 e. The highest BCUT2D eigenvalue weighted by Gasteiger charge is 2.53. The molecule has 2 aliphatic rings. The largest absolute Gasteiger partial charge is 0.481 e. The molecule has 5 nitrogen and oxygen atoms in total. The summed E-state index contributed by atoms with van der Waals surface area (Å²) in [5, 5.41) is 13.7. The third-order valence-electron chi connectivity index (χ3n) is 5.46. The van der Waals surface area contributed by atoms with Gasteiger partial charge in [0.05, 0.1) is 17.5 Å². The molecule has 2 aromatic carbocycles. The minimum atomic E-state index is -4.67. The van der Waals surface area contributed by atoms with E-state index in [1.54, 1.807) is 6.07 Å². The number of carbonyl (C=O) groups excluding carboxylic acids is 1. The van der Waals surface area contributed by atoms with Crippen LogP contribution in [-0.2, 0) is 17.6 Å². The molecule has 1 aliphatic heterocycles. The molecule has 4 rings (SSSR count). The van der Waals surface area contributed by atoms with E-state index in [2.05, 4.69) is 5.32 Å². The molecule has 2 N–H and O–H groups in total. The maximum atomic E-state index is 13.1. The van der Waals surface area contributed by atoms with E-state index in [0.717, 1.165) is 28.5 Å². The Hall–Kier alpha value is -2.77. The first-order chi connectivity index (χ1) is 12.8. The SMILES string of the molecule is O=C(O)[C@@H]1CN(C(=O)Nc2ccc3c4c(cccc24)CC3)C[C@H]1C(F)(F)F. The van der Waals surface area contributed by atoms with Gasteiger partial charge in [-0.3, -0.25) is 4.79 Å². The van der Waals surface area contributed by atoms with Crippen LogP contribution < -0.4 is 5.32 Å². The molecule has 1 aliphatic carbocycles. The highest BCUT2D eigenvalue weighted by atomic mass is 19.4. The number of halogens is 3. The number of amides is 2. The predicted octanol–water partition coefficient (Wildman–Crippen LogP) is 3.67. The lowest BCUT2D eigenvalue weighted by molar-refractivity contribution is -0.187. The van der Waals surface area contributed by atoms with Crippen molar-refractivity contribution < 1.29 is 27.9 Å². The van der Waals surface area contributed by atoms with Gasteiger partial charge in [0.2, 0.25) is 0 Å². The van der Waals surface area contributed by atoms with Crippen LogP contribution >= 0.6 is 0 Å². The molecular formula is C19H17F3N2O3. The van der Waals surface area contributed by atoms with Gasteiger partial charge < -0.3 is 15.3 Å². The molecule has 0 spiro atoms. The Kier molecular flexibility index (Phi) is 4.01. The van der Waals surface area contributed by atoms with Gasteiger partial charge in [-0.25, -0.2) is 4.79 Å². The molecule has 142 valence electrons. The van der Waals surface area contributed by atoms with Crippen LogP contribution in [0.3, 0.4) is 0 Å². The van der Waals surface area contributed by atoms with Gasteiger partial charge in [-0.15, -0.1) is 0 Å². The molecule has 0 unspecified atom stereocenters. The quantitative estimate of drug-likeness (QED) is 0.838. The number of hydrogen-bond acceptors (Lipinski definition) is 2. The van der Waals surface area contributed by atoms with Gasteiger partial charge in [0.15, 0.2) is 0 Å². The number of carboxylic acids is 1. The van der Waals surface area contributed by atoms with Crippen molar-refractivity contribution in [2.24, 2.45) is 11.8 Å². The number of anilines is 1. The summed E-state index contributed by atoms with van der Waals surface area (Å²) >= 11 is 0. The molecule has 2 amide bonds. The predicted molar refractivity (Wildman–Crippen MR) is 92.6 cm³/mol. The Morgan fingerprint density at radius 3 is 2.41 bits per heavy atom. The van der Waals surface area contributed by atoms with Crippen LogP contribution in [0.5, 0.6) is 0 Å². The number of nitrogens with one attached hydrogen (secondary N) is 1. The fourth-order valence-electron chi connectivity index (χ4n) is 4.10. The minimum Gasteiger partial charge on any atom is -0.481 e. The zero-order valence-electron chi connectivity index (χ0n) is 14.2. The van der Waals surface area contributed by atoms with Gasteiger partial charge >= 0.3 is 18.2 Å². The van der Waals surface area contributed by atoms with Crippen LogP contribution in [0.2, 0.25) is 0 Å². The zero-order chi connectivity index (χ0) is 19.3. The van der Waals surface area contributed by atoms with E-state index in [0.29, 0.717) is 5.69 Å².